The highest BCUT2D eigenvalue weighted by Gasteiger charge is 2.24. The van der Waals surface area contributed by atoms with Crippen LogP contribution in [-0.4, -0.2) is 56.0 Å². The van der Waals surface area contributed by atoms with Crippen LogP contribution in [-0.2, 0) is 4.74 Å². The average Bonchev–Trinajstić information content (AvgIpc) is 2.71. The SMILES string of the molecule is COc1ccc(C(CNC(=S)NC2CCCCC2C)N2CCOCC2)cc1. The van der Waals surface area contributed by atoms with E-state index in [1.54, 1.807) is 7.11 Å². The van der Waals surface area contributed by atoms with Crippen LogP contribution in [0.3, 0.4) is 0 Å². The second-order valence-corrected chi connectivity index (χ2v) is 8.07. The number of hydrogen-bond acceptors (Lipinski definition) is 4. The van der Waals surface area contributed by atoms with Gasteiger partial charge in [0.05, 0.1) is 26.4 Å². The normalized spacial score (nSPS) is 24.8. The standard InChI is InChI=1S/C21H33N3O2S/c1-16-5-3-4-6-19(16)23-21(27)22-15-20(24-11-13-26-14-12-24)17-7-9-18(25-2)10-8-17/h7-10,16,19-20H,3-6,11-15H2,1-2H3,(H2,22,23,27). The minimum atomic E-state index is 0.267. The highest BCUT2D eigenvalue weighted by Crippen LogP contribution is 2.25. The van der Waals surface area contributed by atoms with Gasteiger partial charge in [-0.05, 0) is 48.7 Å². The average molecular weight is 392 g/mol. The molecule has 0 aromatic heterocycles. The van der Waals surface area contributed by atoms with Crippen LogP contribution >= 0.6 is 12.2 Å². The molecule has 1 aromatic carbocycles. The molecule has 0 radical (unpaired) electrons. The maximum Gasteiger partial charge on any atom is 0.166 e. The van der Waals surface area contributed by atoms with Crippen molar-refractivity contribution >= 4 is 17.3 Å². The number of benzene rings is 1. The van der Waals surface area contributed by atoms with Crippen molar-refractivity contribution in [3.8, 4) is 5.75 Å². The maximum atomic E-state index is 5.61. The molecule has 1 aliphatic carbocycles. The third-order valence-electron chi connectivity index (χ3n) is 5.87. The Morgan fingerprint density at radius 2 is 1.93 bits per heavy atom. The number of thiocarbonyl (C=S) groups is 1. The first-order chi connectivity index (χ1) is 13.2. The number of nitrogens with zero attached hydrogens (tertiary/aromatic N) is 1. The van der Waals surface area contributed by atoms with Crippen molar-refractivity contribution in [3.05, 3.63) is 29.8 Å². The summed E-state index contributed by atoms with van der Waals surface area (Å²) in [5, 5.41) is 7.81. The summed E-state index contributed by atoms with van der Waals surface area (Å²) in [4.78, 5) is 2.48. The fourth-order valence-electron chi connectivity index (χ4n) is 4.11. The molecule has 0 spiro atoms. The second-order valence-electron chi connectivity index (χ2n) is 7.66. The Bertz CT molecular complexity index is 590. The summed E-state index contributed by atoms with van der Waals surface area (Å²) in [7, 11) is 1.70. The first kappa shape index (κ1) is 20.4. The van der Waals surface area contributed by atoms with Crippen LogP contribution in [0.4, 0.5) is 0 Å². The molecule has 3 rings (SSSR count). The maximum absolute atomic E-state index is 5.61. The van der Waals surface area contributed by atoms with Gasteiger partial charge in [-0.25, -0.2) is 0 Å². The summed E-state index contributed by atoms with van der Waals surface area (Å²) in [5.74, 6) is 1.58. The third-order valence-corrected chi connectivity index (χ3v) is 6.13. The van der Waals surface area contributed by atoms with E-state index in [0.717, 1.165) is 43.7 Å². The molecule has 2 N–H and O–H groups in total. The van der Waals surface area contributed by atoms with Crippen molar-refractivity contribution < 1.29 is 9.47 Å². The Hall–Kier alpha value is -1.37. The molecule has 2 fully saturated rings. The van der Waals surface area contributed by atoms with Gasteiger partial charge in [-0.15, -0.1) is 0 Å². The zero-order valence-corrected chi connectivity index (χ0v) is 17.4. The summed E-state index contributed by atoms with van der Waals surface area (Å²) < 4.78 is 10.8. The van der Waals surface area contributed by atoms with Crippen LogP contribution in [0.1, 0.15) is 44.2 Å². The van der Waals surface area contributed by atoms with Crippen molar-refractivity contribution in [2.45, 2.75) is 44.7 Å². The van der Waals surface area contributed by atoms with Gasteiger partial charge in [0.2, 0.25) is 0 Å². The highest BCUT2D eigenvalue weighted by molar-refractivity contribution is 7.80. The van der Waals surface area contributed by atoms with Gasteiger partial charge < -0.3 is 20.1 Å². The van der Waals surface area contributed by atoms with E-state index in [0.29, 0.717) is 12.0 Å². The van der Waals surface area contributed by atoms with Crippen LogP contribution in [0.15, 0.2) is 24.3 Å². The van der Waals surface area contributed by atoms with Crippen molar-refractivity contribution in [1.29, 1.82) is 0 Å². The first-order valence-corrected chi connectivity index (χ1v) is 10.6. The van der Waals surface area contributed by atoms with E-state index >= 15 is 0 Å². The van der Waals surface area contributed by atoms with Gasteiger partial charge in [-0.1, -0.05) is 31.9 Å². The monoisotopic (exact) mass is 391 g/mol. The molecule has 1 saturated heterocycles. The van der Waals surface area contributed by atoms with Crippen LogP contribution in [0.5, 0.6) is 5.75 Å². The first-order valence-electron chi connectivity index (χ1n) is 10.2. The molecule has 2 aliphatic rings. The smallest absolute Gasteiger partial charge is 0.166 e. The lowest BCUT2D eigenvalue weighted by Gasteiger charge is -2.36. The Labute approximate surface area is 168 Å². The highest BCUT2D eigenvalue weighted by atomic mass is 32.1. The van der Waals surface area contributed by atoms with Gasteiger partial charge >= 0.3 is 0 Å². The number of morpholine rings is 1. The molecule has 0 amide bonds. The quantitative estimate of drug-likeness (QED) is 0.727. The zero-order valence-electron chi connectivity index (χ0n) is 16.6. The van der Waals surface area contributed by atoms with Gasteiger partial charge in [-0.2, -0.15) is 0 Å². The van der Waals surface area contributed by atoms with Gasteiger partial charge in [-0.3, -0.25) is 4.90 Å². The molecule has 3 atom stereocenters. The van der Waals surface area contributed by atoms with Gasteiger partial charge in [0, 0.05) is 25.7 Å². The Kier molecular flexibility index (Phi) is 7.73. The van der Waals surface area contributed by atoms with E-state index in [2.05, 4.69) is 34.6 Å². The van der Waals surface area contributed by atoms with Crippen molar-refractivity contribution in [1.82, 2.24) is 15.5 Å². The van der Waals surface area contributed by atoms with E-state index < -0.39 is 0 Å². The molecule has 150 valence electrons. The minimum Gasteiger partial charge on any atom is -0.497 e. The van der Waals surface area contributed by atoms with Gasteiger partial charge in [0.15, 0.2) is 5.11 Å². The fraction of sp³-hybridized carbons (Fsp3) is 0.667. The van der Waals surface area contributed by atoms with Crippen molar-refractivity contribution in [2.75, 3.05) is 40.0 Å². The molecule has 0 bridgehead atoms. The van der Waals surface area contributed by atoms with Gasteiger partial charge in [0.25, 0.3) is 0 Å². The molecule has 5 nitrogen and oxygen atoms in total. The molecule has 1 saturated carbocycles. The molecule has 1 aromatic rings. The number of ether oxygens (including phenoxy) is 2. The summed E-state index contributed by atoms with van der Waals surface area (Å²) >= 11 is 5.61. The van der Waals surface area contributed by atoms with E-state index in [9.17, 15) is 0 Å². The van der Waals surface area contributed by atoms with E-state index in [-0.39, 0.29) is 6.04 Å². The predicted octanol–water partition coefficient (Wildman–Crippen LogP) is 3.11. The lowest BCUT2D eigenvalue weighted by Crippen LogP contribution is -2.49. The topological polar surface area (TPSA) is 45.8 Å². The second kappa shape index (κ2) is 10.2. The Morgan fingerprint density at radius 1 is 1.22 bits per heavy atom. The van der Waals surface area contributed by atoms with Crippen molar-refractivity contribution in [3.63, 3.8) is 0 Å². The molecular formula is C21H33N3O2S. The number of hydrogen-bond donors (Lipinski definition) is 2. The molecular weight excluding hydrogens is 358 g/mol. The largest absolute Gasteiger partial charge is 0.497 e. The molecule has 3 unspecified atom stereocenters. The van der Waals surface area contributed by atoms with Crippen LogP contribution < -0.4 is 15.4 Å². The number of nitrogens with one attached hydrogen (secondary N) is 2. The van der Waals surface area contributed by atoms with Crippen LogP contribution in [0, 0.1) is 5.92 Å². The van der Waals surface area contributed by atoms with Gasteiger partial charge in [0.1, 0.15) is 5.75 Å². The molecule has 1 heterocycles. The minimum absolute atomic E-state index is 0.267. The number of rotatable bonds is 6. The number of methoxy groups -OCH3 is 1. The van der Waals surface area contributed by atoms with Crippen LogP contribution in [0.2, 0.25) is 0 Å². The Morgan fingerprint density at radius 3 is 2.59 bits per heavy atom. The van der Waals surface area contributed by atoms with Crippen molar-refractivity contribution in [2.24, 2.45) is 5.92 Å². The summed E-state index contributed by atoms with van der Waals surface area (Å²) in [6.07, 6.45) is 5.15. The summed E-state index contributed by atoms with van der Waals surface area (Å²) in [6, 6.07) is 9.14. The predicted molar refractivity (Wildman–Crippen MR) is 113 cm³/mol. The summed E-state index contributed by atoms with van der Waals surface area (Å²) in [6.45, 7) is 6.58. The lowest BCUT2D eigenvalue weighted by molar-refractivity contribution is 0.0170. The third kappa shape index (κ3) is 5.80. The van der Waals surface area contributed by atoms with E-state index in [1.165, 1.54) is 31.2 Å². The fourth-order valence-corrected chi connectivity index (χ4v) is 4.35. The van der Waals surface area contributed by atoms with Crippen LogP contribution in [0.25, 0.3) is 0 Å². The zero-order chi connectivity index (χ0) is 19.1. The lowest BCUT2D eigenvalue weighted by atomic mass is 9.86. The molecule has 6 heteroatoms. The van der Waals surface area contributed by atoms with E-state index in [1.807, 2.05) is 12.1 Å². The van der Waals surface area contributed by atoms with E-state index in [4.69, 9.17) is 21.7 Å². The molecule has 1 aliphatic heterocycles. The Balaban J connectivity index is 1.60. The molecule has 27 heavy (non-hydrogen) atoms. The summed E-state index contributed by atoms with van der Waals surface area (Å²) in [5.41, 5.74) is 1.28.